The van der Waals surface area contributed by atoms with Crippen molar-refractivity contribution in [3.63, 3.8) is 0 Å². The normalized spacial score (nSPS) is 18.7. The molecule has 0 aromatic heterocycles. The maximum atomic E-state index is 12.5. The molecule has 1 aliphatic rings. The largest absolute Gasteiger partial charge is 0.488 e. The van der Waals surface area contributed by atoms with Gasteiger partial charge in [-0.15, -0.1) is 0 Å². The summed E-state index contributed by atoms with van der Waals surface area (Å²) in [6.07, 6.45) is 4.41. The molecule has 5 nitrogen and oxygen atoms in total. The van der Waals surface area contributed by atoms with Gasteiger partial charge in [0.25, 0.3) is 5.91 Å². The van der Waals surface area contributed by atoms with Crippen molar-refractivity contribution in [3.05, 3.63) is 64.7 Å². The van der Waals surface area contributed by atoms with Crippen molar-refractivity contribution < 1.29 is 19.1 Å². The van der Waals surface area contributed by atoms with Crippen molar-refractivity contribution in [3.8, 4) is 5.75 Å². The molecule has 2 aromatic rings. The van der Waals surface area contributed by atoms with Crippen molar-refractivity contribution in [2.75, 3.05) is 6.61 Å². The molecule has 154 valence electrons. The molecule has 1 N–H and O–H groups in total. The predicted molar refractivity (Wildman–Crippen MR) is 112 cm³/mol. The van der Waals surface area contributed by atoms with E-state index in [1.165, 1.54) is 6.42 Å². The molecule has 0 spiro atoms. The van der Waals surface area contributed by atoms with Crippen LogP contribution < -0.4 is 10.1 Å². The van der Waals surface area contributed by atoms with E-state index in [1.54, 1.807) is 36.4 Å². The number of hydrogen-bond donors (Lipinski definition) is 1. The van der Waals surface area contributed by atoms with Gasteiger partial charge in [-0.1, -0.05) is 55.6 Å². The number of hydrogen-bond acceptors (Lipinski definition) is 4. The van der Waals surface area contributed by atoms with Gasteiger partial charge >= 0.3 is 5.97 Å². The molecular weight excluding hydrogens is 390 g/mol. The second-order valence-corrected chi connectivity index (χ2v) is 7.86. The molecule has 6 heteroatoms. The van der Waals surface area contributed by atoms with Crippen LogP contribution in [0.15, 0.2) is 48.5 Å². The zero-order valence-electron chi connectivity index (χ0n) is 16.5. The maximum absolute atomic E-state index is 12.5. The summed E-state index contributed by atoms with van der Waals surface area (Å²) in [6.45, 7) is 2.14. The number of nitrogens with one attached hydrogen (secondary N) is 1. The van der Waals surface area contributed by atoms with Crippen LogP contribution in [0.25, 0.3) is 0 Å². The van der Waals surface area contributed by atoms with E-state index in [1.807, 2.05) is 12.1 Å². The van der Waals surface area contributed by atoms with Crippen molar-refractivity contribution in [1.29, 1.82) is 0 Å². The topological polar surface area (TPSA) is 64.6 Å². The third kappa shape index (κ3) is 6.23. The highest BCUT2D eigenvalue weighted by Gasteiger charge is 2.23. The van der Waals surface area contributed by atoms with E-state index in [0.717, 1.165) is 24.8 Å². The Labute approximate surface area is 176 Å². The highest BCUT2D eigenvalue weighted by atomic mass is 35.5. The van der Waals surface area contributed by atoms with Gasteiger partial charge in [0.2, 0.25) is 0 Å². The van der Waals surface area contributed by atoms with Gasteiger partial charge in [0, 0.05) is 11.1 Å². The molecule has 0 radical (unpaired) electrons. The van der Waals surface area contributed by atoms with Crippen molar-refractivity contribution in [2.24, 2.45) is 5.92 Å². The highest BCUT2D eigenvalue weighted by molar-refractivity contribution is 6.30. The minimum absolute atomic E-state index is 0.157. The van der Waals surface area contributed by atoms with E-state index in [2.05, 4.69) is 12.2 Å². The Balaban J connectivity index is 1.53. The SMILES string of the molecule is C[C@H]1CCCC[C@H]1NC(=O)COC(=O)c1ccccc1OCc1ccc(Cl)cc1. The fourth-order valence-corrected chi connectivity index (χ4v) is 3.62. The molecule has 0 unspecified atom stereocenters. The number of benzene rings is 2. The number of rotatable bonds is 7. The third-order valence-electron chi connectivity index (χ3n) is 5.21. The Hall–Kier alpha value is -2.53. The first-order valence-electron chi connectivity index (χ1n) is 9.95. The summed E-state index contributed by atoms with van der Waals surface area (Å²) in [7, 11) is 0. The summed E-state index contributed by atoms with van der Waals surface area (Å²) in [6, 6.07) is 14.3. The van der Waals surface area contributed by atoms with Crippen LogP contribution in [-0.4, -0.2) is 24.5 Å². The van der Waals surface area contributed by atoms with Crippen LogP contribution in [-0.2, 0) is 16.1 Å². The first kappa shape index (κ1) is 21.2. The van der Waals surface area contributed by atoms with Gasteiger partial charge < -0.3 is 14.8 Å². The fourth-order valence-electron chi connectivity index (χ4n) is 3.49. The van der Waals surface area contributed by atoms with Crippen LogP contribution in [0.4, 0.5) is 0 Å². The quantitative estimate of drug-likeness (QED) is 0.661. The molecule has 1 aliphatic carbocycles. The highest BCUT2D eigenvalue weighted by Crippen LogP contribution is 2.24. The standard InChI is InChI=1S/C23H26ClNO4/c1-16-6-2-4-8-20(16)25-22(26)15-29-23(27)19-7-3-5-9-21(19)28-14-17-10-12-18(24)13-11-17/h3,5,7,9-13,16,20H,2,4,6,8,14-15H2,1H3,(H,25,26)/t16-,20+/m0/s1. The van der Waals surface area contributed by atoms with Crippen LogP contribution in [0.1, 0.15) is 48.5 Å². The van der Waals surface area contributed by atoms with Gasteiger partial charge in [-0.3, -0.25) is 4.79 Å². The van der Waals surface area contributed by atoms with E-state index >= 15 is 0 Å². The Kier molecular flexibility index (Phi) is 7.53. The second-order valence-electron chi connectivity index (χ2n) is 7.42. The summed E-state index contributed by atoms with van der Waals surface area (Å²) in [5.74, 6) is 0.0133. The lowest BCUT2D eigenvalue weighted by atomic mass is 9.86. The fraction of sp³-hybridized carbons (Fsp3) is 0.391. The van der Waals surface area contributed by atoms with Crippen molar-refractivity contribution in [2.45, 2.75) is 45.3 Å². The Bertz CT molecular complexity index is 837. The Morgan fingerprint density at radius 1 is 1.07 bits per heavy atom. The average molecular weight is 416 g/mol. The van der Waals surface area contributed by atoms with Crippen LogP contribution >= 0.6 is 11.6 Å². The second kappa shape index (κ2) is 10.3. The van der Waals surface area contributed by atoms with Gasteiger partial charge in [-0.05, 0) is 48.6 Å². The van der Waals surface area contributed by atoms with Crippen molar-refractivity contribution >= 4 is 23.5 Å². The summed E-state index contributed by atoms with van der Waals surface area (Å²) in [5.41, 5.74) is 1.22. The number of carbonyl (C=O) groups excluding carboxylic acids is 2. The third-order valence-corrected chi connectivity index (χ3v) is 5.46. The zero-order valence-corrected chi connectivity index (χ0v) is 17.3. The van der Waals surface area contributed by atoms with Crippen molar-refractivity contribution in [1.82, 2.24) is 5.32 Å². The Morgan fingerprint density at radius 3 is 2.55 bits per heavy atom. The monoisotopic (exact) mass is 415 g/mol. The minimum Gasteiger partial charge on any atom is -0.488 e. The summed E-state index contributed by atoms with van der Waals surface area (Å²) in [4.78, 5) is 24.7. The van der Waals surface area contributed by atoms with Gasteiger partial charge in [0.15, 0.2) is 6.61 Å². The number of ether oxygens (including phenoxy) is 2. The van der Waals surface area contributed by atoms with Crippen LogP contribution in [0.3, 0.4) is 0 Å². The molecule has 0 heterocycles. The molecule has 1 fully saturated rings. The minimum atomic E-state index is -0.580. The molecule has 29 heavy (non-hydrogen) atoms. The van der Waals surface area contributed by atoms with Gasteiger partial charge in [-0.25, -0.2) is 4.79 Å². The number of esters is 1. The average Bonchev–Trinajstić information content (AvgIpc) is 2.73. The summed E-state index contributed by atoms with van der Waals surface area (Å²) < 4.78 is 11.0. The molecule has 3 rings (SSSR count). The van der Waals surface area contributed by atoms with Gasteiger partial charge in [0.1, 0.15) is 17.9 Å². The number of para-hydroxylation sites is 1. The van der Waals surface area contributed by atoms with E-state index in [-0.39, 0.29) is 18.6 Å². The molecule has 0 bridgehead atoms. The molecule has 0 saturated heterocycles. The summed E-state index contributed by atoms with van der Waals surface area (Å²) >= 11 is 5.89. The van der Waals surface area contributed by atoms with E-state index in [4.69, 9.17) is 21.1 Å². The van der Waals surface area contributed by atoms with Gasteiger partial charge in [-0.2, -0.15) is 0 Å². The molecule has 2 aromatic carbocycles. The van der Waals surface area contributed by atoms with Crippen LogP contribution in [0.5, 0.6) is 5.75 Å². The lowest BCUT2D eigenvalue weighted by Gasteiger charge is -2.29. The van der Waals surface area contributed by atoms with Crippen LogP contribution in [0, 0.1) is 5.92 Å². The van der Waals surface area contributed by atoms with E-state index in [9.17, 15) is 9.59 Å². The zero-order chi connectivity index (χ0) is 20.6. The number of amides is 1. The first-order chi connectivity index (χ1) is 14.0. The maximum Gasteiger partial charge on any atom is 0.342 e. The van der Waals surface area contributed by atoms with Crippen LogP contribution in [0.2, 0.25) is 5.02 Å². The molecular formula is C23H26ClNO4. The molecule has 0 aliphatic heterocycles. The van der Waals surface area contributed by atoms with E-state index < -0.39 is 5.97 Å². The molecule has 1 amide bonds. The lowest BCUT2D eigenvalue weighted by Crippen LogP contribution is -2.42. The number of halogens is 1. The van der Waals surface area contributed by atoms with E-state index in [0.29, 0.717) is 28.9 Å². The number of carbonyl (C=O) groups is 2. The first-order valence-corrected chi connectivity index (χ1v) is 10.3. The molecule has 2 atom stereocenters. The predicted octanol–water partition coefficient (Wildman–Crippen LogP) is 4.77. The summed E-state index contributed by atoms with van der Waals surface area (Å²) in [5, 5.41) is 3.63. The molecule has 1 saturated carbocycles. The Morgan fingerprint density at radius 2 is 1.79 bits per heavy atom. The smallest absolute Gasteiger partial charge is 0.342 e. The lowest BCUT2D eigenvalue weighted by molar-refractivity contribution is -0.125. The van der Waals surface area contributed by atoms with Gasteiger partial charge in [0.05, 0.1) is 0 Å².